The highest BCUT2D eigenvalue weighted by atomic mass is 32.2. The predicted octanol–water partition coefficient (Wildman–Crippen LogP) is 3.13. The Morgan fingerprint density at radius 3 is 2.63 bits per heavy atom. The molecule has 1 heterocycles. The summed E-state index contributed by atoms with van der Waals surface area (Å²) in [7, 11) is 0. The van der Waals surface area contributed by atoms with E-state index in [1.54, 1.807) is 0 Å². The van der Waals surface area contributed by atoms with Crippen LogP contribution in [0.1, 0.15) is 21.5 Å². The van der Waals surface area contributed by atoms with Crippen molar-refractivity contribution in [1.29, 1.82) is 0 Å². The molecular formula is C14H14N2O2S. The molecule has 2 rings (SSSR count). The number of carboxylic acid groups (broad SMARTS) is 1. The van der Waals surface area contributed by atoms with Crippen molar-refractivity contribution in [1.82, 2.24) is 4.98 Å². The highest BCUT2D eigenvalue weighted by Crippen LogP contribution is 2.32. The van der Waals surface area contributed by atoms with E-state index < -0.39 is 5.97 Å². The number of hydrogen-bond acceptors (Lipinski definition) is 4. The molecule has 0 saturated heterocycles. The monoisotopic (exact) mass is 274 g/mol. The molecule has 0 spiro atoms. The number of nitrogens with two attached hydrogens (primary N) is 1. The highest BCUT2D eigenvalue weighted by molar-refractivity contribution is 7.99. The lowest BCUT2D eigenvalue weighted by Crippen LogP contribution is -2.04. The van der Waals surface area contributed by atoms with Crippen LogP contribution < -0.4 is 5.73 Å². The molecule has 1 aromatic carbocycles. The molecule has 0 fully saturated rings. The molecular weight excluding hydrogens is 260 g/mol. The molecule has 0 unspecified atom stereocenters. The number of aromatic nitrogens is 1. The second-order valence-electron chi connectivity index (χ2n) is 4.23. The van der Waals surface area contributed by atoms with Crippen LogP contribution >= 0.6 is 11.8 Å². The lowest BCUT2D eigenvalue weighted by atomic mass is 10.1. The van der Waals surface area contributed by atoms with Gasteiger partial charge in [-0.3, -0.25) is 0 Å². The lowest BCUT2D eigenvalue weighted by molar-refractivity contribution is 0.0697. The summed E-state index contributed by atoms with van der Waals surface area (Å²) in [4.78, 5) is 16.1. The van der Waals surface area contributed by atoms with Crippen LogP contribution in [0.4, 0.5) is 5.69 Å². The molecule has 0 aliphatic rings. The van der Waals surface area contributed by atoms with Crippen molar-refractivity contribution in [2.75, 3.05) is 5.73 Å². The summed E-state index contributed by atoms with van der Waals surface area (Å²) >= 11 is 1.37. The molecule has 0 atom stereocenters. The van der Waals surface area contributed by atoms with Crippen molar-refractivity contribution in [3.63, 3.8) is 0 Å². The van der Waals surface area contributed by atoms with Gasteiger partial charge in [-0.2, -0.15) is 0 Å². The molecule has 5 heteroatoms. The molecule has 0 bridgehead atoms. The zero-order chi connectivity index (χ0) is 14.0. The number of benzene rings is 1. The van der Waals surface area contributed by atoms with Crippen molar-refractivity contribution < 1.29 is 9.90 Å². The van der Waals surface area contributed by atoms with Gasteiger partial charge in [0.1, 0.15) is 5.03 Å². The van der Waals surface area contributed by atoms with E-state index in [-0.39, 0.29) is 11.3 Å². The zero-order valence-corrected chi connectivity index (χ0v) is 11.5. The Bertz CT molecular complexity index is 641. The van der Waals surface area contributed by atoms with Gasteiger partial charge in [0.25, 0.3) is 0 Å². The second kappa shape index (κ2) is 5.32. The molecule has 0 radical (unpaired) electrons. The van der Waals surface area contributed by atoms with Gasteiger partial charge in [-0.25, -0.2) is 9.78 Å². The van der Waals surface area contributed by atoms with E-state index in [0.29, 0.717) is 5.03 Å². The van der Waals surface area contributed by atoms with Crippen LogP contribution in [0.3, 0.4) is 0 Å². The second-order valence-corrected chi connectivity index (χ2v) is 5.29. The van der Waals surface area contributed by atoms with Crippen LogP contribution in [-0.4, -0.2) is 16.1 Å². The smallest absolute Gasteiger partial charge is 0.337 e. The van der Waals surface area contributed by atoms with E-state index in [4.69, 9.17) is 10.8 Å². The van der Waals surface area contributed by atoms with Gasteiger partial charge in [-0.05, 0) is 43.2 Å². The maximum atomic E-state index is 11.0. The Balaban J connectivity index is 2.35. The number of aromatic carboxylic acids is 1. The van der Waals surface area contributed by atoms with E-state index in [9.17, 15) is 4.79 Å². The van der Waals surface area contributed by atoms with Crippen LogP contribution in [0.25, 0.3) is 0 Å². The first kappa shape index (κ1) is 13.4. The third kappa shape index (κ3) is 2.88. The Morgan fingerprint density at radius 2 is 2.00 bits per heavy atom. The molecule has 0 amide bonds. The number of pyridine rings is 1. The summed E-state index contributed by atoms with van der Waals surface area (Å²) < 4.78 is 0. The number of aryl methyl sites for hydroxylation is 2. The fraction of sp³-hybridized carbons (Fsp3) is 0.143. The number of carboxylic acids is 1. The maximum Gasteiger partial charge on any atom is 0.337 e. The van der Waals surface area contributed by atoms with Crippen LogP contribution in [0, 0.1) is 13.8 Å². The summed E-state index contributed by atoms with van der Waals surface area (Å²) in [5, 5.41) is 9.54. The first-order chi connectivity index (χ1) is 8.99. The zero-order valence-electron chi connectivity index (χ0n) is 10.7. The van der Waals surface area contributed by atoms with E-state index in [1.165, 1.54) is 35.2 Å². The Kier molecular flexibility index (Phi) is 3.76. The summed E-state index contributed by atoms with van der Waals surface area (Å²) in [6, 6.07) is 7.44. The molecule has 0 aliphatic heterocycles. The lowest BCUT2D eigenvalue weighted by Gasteiger charge is -2.08. The first-order valence-corrected chi connectivity index (χ1v) is 6.53. The third-order valence-electron chi connectivity index (χ3n) is 2.88. The van der Waals surface area contributed by atoms with Gasteiger partial charge in [-0.15, -0.1) is 0 Å². The van der Waals surface area contributed by atoms with Crippen LogP contribution in [0.15, 0.2) is 40.4 Å². The molecule has 0 aliphatic carbocycles. The molecule has 19 heavy (non-hydrogen) atoms. The maximum absolute atomic E-state index is 11.0. The minimum atomic E-state index is -1.04. The van der Waals surface area contributed by atoms with Crippen LogP contribution in [0.5, 0.6) is 0 Å². The third-order valence-corrected chi connectivity index (χ3v) is 3.89. The summed E-state index contributed by atoms with van der Waals surface area (Å²) in [5.74, 6) is -1.04. The Labute approximate surface area is 115 Å². The van der Waals surface area contributed by atoms with Crippen molar-refractivity contribution >= 4 is 23.4 Å². The average molecular weight is 274 g/mol. The average Bonchev–Trinajstić information content (AvgIpc) is 2.36. The van der Waals surface area contributed by atoms with E-state index >= 15 is 0 Å². The van der Waals surface area contributed by atoms with Gasteiger partial charge < -0.3 is 10.8 Å². The summed E-state index contributed by atoms with van der Waals surface area (Å²) in [5.41, 5.74) is 8.52. The Morgan fingerprint density at radius 1 is 1.26 bits per heavy atom. The fourth-order valence-electron chi connectivity index (χ4n) is 1.61. The van der Waals surface area contributed by atoms with Crippen molar-refractivity contribution in [2.45, 2.75) is 23.8 Å². The van der Waals surface area contributed by atoms with E-state index in [1.807, 2.05) is 32.0 Å². The first-order valence-electron chi connectivity index (χ1n) is 5.72. The molecule has 2 aromatic rings. The number of rotatable bonds is 3. The molecule has 4 nitrogen and oxygen atoms in total. The summed E-state index contributed by atoms with van der Waals surface area (Å²) in [6.45, 7) is 4.07. The largest absolute Gasteiger partial charge is 0.478 e. The summed E-state index contributed by atoms with van der Waals surface area (Å²) in [6.07, 6.45) is 1.46. The molecule has 0 saturated carbocycles. The number of nitrogens with zero attached hydrogens (tertiary/aromatic N) is 1. The number of hydrogen-bond donors (Lipinski definition) is 2. The van der Waals surface area contributed by atoms with E-state index in [2.05, 4.69) is 4.98 Å². The minimum absolute atomic E-state index is 0.0846. The van der Waals surface area contributed by atoms with E-state index in [0.717, 1.165) is 4.90 Å². The molecule has 1 aromatic heterocycles. The fourth-order valence-corrected chi connectivity index (χ4v) is 2.54. The van der Waals surface area contributed by atoms with Gasteiger partial charge in [0.15, 0.2) is 0 Å². The number of anilines is 1. The SMILES string of the molecule is Cc1ccc(Sc2nccc(C(=O)O)c2N)cc1C. The van der Waals surface area contributed by atoms with Gasteiger partial charge in [0, 0.05) is 11.1 Å². The van der Waals surface area contributed by atoms with Crippen LogP contribution in [-0.2, 0) is 0 Å². The molecule has 3 N–H and O–H groups in total. The Hall–Kier alpha value is -2.01. The van der Waals surface area contributed by atoms with Crippen molar-refractivity contribution in [3.8, 4) is 0 Å². The number of nitrogen functional groups attached to an aromatic ring is 1. The quantitative estimate of drug-likeness (QED) is 0.899. The van der Waals surface area contributed by atoms with Gasteiger partial charge in [-0.1, -0.05) is 17.8 Å². The topological polar surface area (TPSA) is 76.2 Å². The standard InChI is InChI=1S/C14H14N2O2S/c1-8-3-4-10(7-9(8)2)19-13-12(15)11(14(17)18)5-6-16-13/h3-7H,15H2,1-2H3,(H,17,18). The normalized spacial score (nSPS) is 10.4. The predicted molar refractivity (Wildman–Crippen MR) is 75.6 cm³/mol. The highest BCUT2D eigenvalue weighted by Gasteiger charge is 2.13. The van der Waals surface area contributed by atoms with Crippen molar-refractivity contribution in [2.24, 2.45) is 0 Å². The van der Waals surface area contributed by atoms with Gasteiger partial charge in [0.05, 0.1) is 11.3 Å². The van der Waals surface area contributed by atoms with Gasteiger partial charge in [0.2, 0.25) is 0 Å². The molecule has 98 valence electrons. The van der Waals surface area contributed by atoms with Crippen LogP contribution in [0.2, 0.25) is 0 Å². The minimum Gasteiger partial charge on any atom is -0.478 e. The van der Waals surface area contributed by atoms with Crippen molar-refractivity contribution in [3.05, 3.63) is 47.2 Å². The van der Waals surface area contributed by atoms with Gasteiger partial charge >= 0.3 is 5.97 Å². The number of carbonyl (C=O) groups is 1.